The molecule has 0 radical (unpaired) electrons. The zero-order valence-corrected chi connectivity index (χ0v) is 14.1. The van der Waals surface area contributed by atoms with Crippen LogP contribution in [0, 0.1) is 6.92 Å². The third-order valence-corrected chi connectivity index (χ3v) is 3.98. The van der Waals surface area contributed by atoms with Gasteiger partial charge in [-0.3, -0.25) is 9.52 Å². The van der Waals surface area contributed by atoms with Crippen LogP contribution >= 0.6 is 0 Å². The molecule has 1 unspecified atom stereocenters. The number of anilines is 1. The summed E-state index contributed by atoms with van der Waals surface area (Å²) in [5.74, 6) is -0.205. The monoisotopic (exact) mass is 332 g/mol. The molecule has 0 aliphatic heterocycles. The lowest BCUT2D eigenvalue weighted by Crippen LogP contribution is -2.26. The van der Waals surface area contributed by atoms with Crippen molar-refractivity contribution in [1.29, 1.82) is 0 Å². The van der Waals surface area contributed by atoms with E-state index in [2.05, 4.69) is 10.0 Å². The maximum atomic E-state index is 12.2. The van der Waals surface area contributed by atoms with Crippen molar-refractivity contribution in [3.05, 3.63) is 65.2 Å². The number of hydrogen-bond donors (Lipinski definition) is 2. The van der Waals surface area contributed by atoms with Gasteiger partial charge in [-0.2, -0.15) is 0 Å². The van der Waals surface area contributed by atoms with E-state index in [1.54, 1.807) is 24.3 Å². The van der Waals surface area contributed by atoms with Gasteiger partial charge in [0.15, 0.2) is 0 Å². The lowest BCUT2D eigenvalue weighted by molar-refractivity contribution is 0.0940. The molecule has 2 rings (SSSR count). The predicted molar refractivity (Wildman–Crippen MR) is 92.0 cm³/mol. The Bertz CT molecular complexity index is 782. The Hall–Kier alpha value is -2.34. The summed E-state index contributed by atoms with van der Waals surface area (Å²) in [4.78, 5) is 12.2. The summed E-state index contributed by atoms with van der Waals surface area (Å²) in [5.41, 5.74) is 3.10. The van der Waals surface area contributed by atoms with Gasteiger partial charge in [-0.05, 0) is 43.7 Å². The smallest absolute Gasteiger partial charge is 0.251 e. The van der Waals surface area contributed by atoms with Crippen LogP contribution in [0.25, 0.3) is 0 Å². The fourth-order valence-electron chi connectivity index (χ4n) is 2.12. The maximum absolute atomic E-state index is 12.2. The molecule has 0 spiro atoms. The molecule has 6 heteroatoms. The van der Waals surface area contributed by atoms with Crippen LogP contribution < -0.4 is 10.0 Å². The summed E-state index contributed by atoms with van der Waals surface area (Å²) in [5, 5.41) is 2.92. The minimum Gasteiger partial charge on any atom is -0.346 e. The van der Waals surface area contributed by atoms with Gasteiger partial charge in [0, 0.05) is 11.3 Å². The Morgan fingerprint density at radius 2 is 1.57 bits per heavy atom. The Kier molecular flexibility index (Phi) is 5.05. The van der Waals surface area contributed by atoms with Gasteiger partial charge in [-0.25, -0.2) is 8.42 Å². The van der Waals surface area contributed by atoms with E-state index >= 15 is 0 Å². The second kappa shape index (κ2) is 6.83. The topological polar surface area (TPSA) is 75.3 Å². The van der Waals surface area contributed by atoms with Crippen LogP contribution in [-0.2, 0) is 10.0 Å². The Labute approximate surface area is 136 Å². The molecule has 0 aromatic heterocycles. The molecule has 1 amide bonds. The van der Waals surface area contributed by atoms with Crippen LogP contribution in [0.5, 0.6) is 0 Å². The minimum absolute atomic E-state index is 0.114. The van der Waals surface area contributed by atoms with Crippen LogP contribution in [0.3, 0.4) is 0 Å². The van der Waals surface area contributed by atoms with Gasteiger partial charge < -0.3 is 5.32 Å². The first kappa shape index (κ1) is 17.0. The first-order valence-electron chi connectivity index (χ1n) is 7.20. The fourth-order valence-corrected chi connectivity index (χ4v) is 2.69. The second-order valence-corrected chi connectivity index (χ2v) is 7.31. The molecule has 0 aliphatic rings. The number of rotatable bonds is 5. The number of nitrogens with one attached hydrogen (secondary N) is 2. The minimum atomic E-state index is -3.32. The molecule has 0 fully saturated rings. The third-order valence-electron chi connectivity index (χ3n) is 3.38. The highest BCUT2D eigenvalue weighted by atomic mass is 32.2. The van der Waals surface area contributed by atoms with E-state index in [4.69, 9.17) is 0 Å². The number of sulfonamides is 1. The Morgan fingerprint density at radius 1 is 1.00 bits per heavy atom. The molecule has 2 aromatic carbocycles. The lowest BCUT2D eigenvalue weighted by Gasteiger charge is -2.15. The van der Waals surface area contributed by atoms with E-state index in [9.17, 15) is 13.2 Å². The van der Waals surface area contributed by atoms with Gasteiger partial charge >= 0.3 is 0 Å². The van der Waals surface area contributed by atoms with Crippen LogP contribution in [0.15, 0.2) is 48.5 Å². The van der Waals surface area contributed by atoms with Crippen molar-refractivity contribution in [1.82, 2.24) is 5.32 Å². The van der Waals surface area contributed by atoms with Crippen molar-refractivity contribution < 1.29 is 13.2 Å². The molecular weight excluding hydrogens is 312 g/mol. The molecule has 0 saturated heterocycles. The van der Waals surface area contributed by atoms with Crippen molar-refractivity contribution in [2.24, 2.45) is 0 Å². The SMILES string of the molecule is Cc1ccc(C(C)NC(=O)c2ccc(NS(C)(=O)=O)cc2)cc1. The van der Waals surface area contributed by atoms with Gasteiger partial charge in [0.05, 0.1) is 12.3 Å². The molecule has 0 aliphatic carbocycles. The summed E-state index contributed by atoms with van der Waals surface area (Å²) in [7, 11) is -3.32. The third kappa shape index (κ3) is 5.10. The fraction of sp³-hybridized carbons (Fsp3) is 0.235. The van der Waals surface area contributed by atoms with Crippen LogP contribution in [0.2, 0.25) is 0 Å². The number of amides is 1. The first-order chi connectivity index (χ1) is 10.7. The van der Waals surface area contributed by atoms with Crippen LogP contribution in [0.4, 0.5) is 5.69 Å². The van der Waals surface area contributed by atoms with Crippen molar-refractivity contribution in [3.8, 4) is 0 Å². The lowest BCUT2D eigenvalue weighted by atomic mass is 10.1. The average Bonchev–Trinajstić information content (AvgIpc) is 2.46. The number of aryl methyl sites for hydroxylation is 1. The van der Waals surface area contributed by atoms with Crippen molar-refractivity contribution in [2.75, 3.05) is 11.0 Å². The molecule has 0 bridgehead atoms. The number of carbonyl (C=O) groups is 1. The highest BCUT2D eigenvalue weighted by Gasteiger charge is 2.11. The summed E-state index contributed by atoms with van der Waals surface area (Å²) >= 11 is 0. The van der Waals surface area contributed by atoms with E-state index < -0.39 is 10.0 Å². The summed E-state index contributed by atoms with van der Waals surface area (Å²) in [6, 6.07) is 14.2. The van der Waals surface area contributed by atoms with Crippen molar-refractivity contribution in [3.63, 3.8) is 0 Å². The number of hydrogen-bond acceptors (Lipinski definition) is 3. The quantitative estimate of drug-likeness (QED) is 0.884. The Balaban J connectivity index is 2.04. The zero-order valence-electron chi connectivity index (χ0n) is 13.3. The predicted octanol–water partition coefficient (Wildman–Crippen LogP) is 2.86. The molecular formula is C17H20N2O3S. The van der Waals surface area contributed by atoms with E-state index in [0.29, 0.717) is 11.3 Å². The van der Waals surface area contributed by atoms with Crippen LogP contribution in [-0.4, -0.2) is 20.6 Å². The second-order valence-electron chi connectivity index (χ2n) is 5.56. The number of carbonyl (C=O) groups excluding carboxylic acids is 1. The van der Waals surface area contributed by atoms with E-state index in [1.165, 1.54) is 5.56 Å². The van der Waals surface area contributed by atoms with E-state index in [-0.39, 0.29) is 11.9 Å². The molecule has 2 N–H and O–H groups in total. The maximum Gasteiger partial charge on any atom is 0.251 e. The van der Waals surface area contributed by atoms with Crippen molar-refractivity contribution in [2.45, 2.75) is 19.9 Å². The van der Waals surface area contributed by atoms with Crippen LogP contribution in [0.1, 0.15) is 34.5 Å². The van der Waals surface area contributed by atoms with Gasteiger partial charge in [0.2, 0.25) is 10.0 Å². The van der Waals surface area contributed by atoms with E-state index in [0.717, 1.165) is 11.8 Å². The molecule has 1 atom stereocenters. The van der Waals surface area contributed by atoms with Gasteiger partial charge in [0.1, 0.15) is 0 Å². The molecule has 2 aromatic rings. The summed E-state index contributed by atoms with van der Waals surface area (Å²) in [6.07, 6.45) is 1.08. The van der Waals surface area contributed by atoms with Gasteiger partial charge in [-0.15, -0.1) is 0 Å². The van der Waals surface area contributed by atoms with Crippen molar-refractivity contribution >= 4 is 21.6 Å². The highest BCUT2D eigenvalue weighted by Crippen LogP contribution is 2.15. The average molecular weight is 332 g/mol. The molecule has 122 valence electrons. The standard InChI is InChI=1S/C17H20N2O3S/c1-12-4-6-14(7-5-12)13(2)18-17(20)15-8-10-16(11-9-15)19-23(3,21)22/h4-11,13,19H,1-3H3,(H,18,20). The van der Waals surface area contributed by atoms with Gasteiger partial charge in [0.25, 0.3) is 5.91 Å². The van der Waals surface area contributed by atoms with E-state index in [1.807, 2.05) is 38.1 Å². The van der Waals surface area contributed by atoms with Gasteiger partial charge in [-0.1, -0.05) is 29.8 Å². The molecule has 5 nitrogen and oxygen atoms in total. The zero-order chi connectivity index (χ0) is 17.0. The largest absolute Gasteiger partial charge is 0.346 e. The number of benzene rings is 2. The molecule has 0 heterocycles. The molecule has 23 heavy (non-hydrogen) atoms. The molecule has 0 saturated carbocycles. The summed E-state index contributed by atoms with van der Waals surface area (Å²) < 4.78 is 24.7. The Morgan fingerprint density at radius 3 is 2.09 bits per heavy atom. The highest BCUT2D eigenvalue weighted by molar-refractivity contribution is 7.92. The first-order valence-corrected chi connectivity index (χ1v) is 9.09. The summed E-state index contributed by atoms with van der Waals surface area (Å²) in [6.45, 7) is 3.93. The normalized spacial score (nSPS) is 12.5.